The highest BCUT2D eigenvalue weighted by Gasteiger charge is 2.21. The molecule has 134 valence electrons. The van der Waals surface area contributed by atoms with Crippen LogP contribution in [0.5, 0.6) is 0 Å². The number of benzene rings is 3. The Morgan fingerprint density at radius 3 is 2.41 bits per heavy atom. The van der Waals surface area contributed by atoms with Crippen LogP contribution in [0, 0.1) is 0 Å². The summed E-state index contributed by atoms with van der Waals surface area (Å²) in [6, 6.07) is 25.2. The van der Waals surface area contributed by atoms with Crippen molar-refractivity contribution in [3.05, 3.63) is 107 Å². The van der Waals surface area contributed by atoms with E-state index in [1.807, 2.05) is 79.0 Å². The van der Waals surface area contributed by atoms with Crippen LogP contribution in [0.2, 0.25) is 5.02 Å². The predicted octanol–water partition coefficient (Wildman–Crippen LogP) is 5.38. The van der Waals surface area contributed by atoms with E-state index in [1.54, 1.807) is 0 Å². The number of para-hydroxylation sites is 1. The molecular formula is C23H19ClN2O. The number of hydrogen-bond acceptors (Lipinski definition) is 1. The van der Waals surface area contributed by atoms with Crippen LogP contribution in [0.15, 0.2) is 85.1 Å². The van der Waals surface area contributed by atoms with E-state index in [0.29, 0.717) is 17.1 Å². The van der Waals surface area contributed by atoms with Crippen LogP contribution < -0.4 is 5.32 Å². The van der Waals surface area contributed by atoms with Crippen molar-refractivity contribution in [2.75, 3.05) is 6.54 Å². The lowest BCUT2D eigenvalue weighted by atomic mass is 9.90. The first-order valence-corrected chi connectivity index (χ1v) is 9.25. The number of amides is 1. The van der Waals surface area contributed by atoms with Crippen LogP contribution in [0.1, 0.15) is 27.4 Å². The summed E-state index contributed by atoms with van der Waals surface area (Å²) in [6.45, 7) is 0.458. The van der Waals surface area contributed by atoms with Gasteiger partial charge in [0.05, 0.1) is 0 Å². The fraction of sp³-hybridized carbons (Fsp3) is 0.0870. The first-order chi connectivity index (χ1) is 13.2. The van der Waals surface area contributed by atoms with Crippen molar-refractivity contribution in [2.45, 2.75) is 5.92 Å². The van der Waals surface area contributed by atoms with Gasteiger partial charge < -0.3 is 10.3 Å². The number of aromatic amines is 1. The van der Waals surface area contributed by atoms with Gasteiger partial charge in [0.2, 0.25) is 0 Å². The maximum absolute atomic E-state index is 12.5. The Hall–Kier alpha value is -3.04. The number of halogens is 1. The zero-order chi connectivity index (χ0) is 18.6. The molecule has 2 N–H and O–H groups in total. The fourth-order valence-corrected chi connectivity index (χ4v) is 3.68. The molecule has 0 bridgehead atoms. The van der Waals surface area contributed by atoms with Crippen LogP contribution in [0.3, 0.4) is 0 Å². The number of nitrogens with one attached hydrogen (secondary N) is 2. The lowest BCUT2D eigenvalue weighted by molar-refractivity contribution is 0.0952. The van der Waals surface area contributed by atoms with E-state index in [9.17, 15) is 4.79 Å². The van der Waals surface area contributed by atoms with E-state index < -0.39 is 0 Å². The average molecular weight is 375 g/mol. The average Bonchev–Trinajstić information content (AvgIpc) is 3.14. The Labute approximate surface area is 163 Å². The minimum Gasteiger partial charge on any atom is -0.361 e. The Morgan fingerprint density at radius 2 is 1.59 bits per heavy atom. The van der Waals surface area contributed by atoms with Crippen LogP contribution in [-0.4, -0.2) is 17.4 Å². The quantitative estimate of drug-likeness (QED) is 0.483. The van der Waals surface area contributed by atoms with Gasteiger partial charge in [-0.05, 0) is 35.4 Å². The van der Waals surface area contributed by atoms with Crippen molar-refractivity contribution < 1.29 is 4.79 Å². The zero-order valence-electron chi connectivity index (χ0n) is 14.7. The molecule has 4 heteroatoms. The number of fused-ring (bicyclic) bond motifs is 1. The number of aromatic nitrogens is 1. The van der Waals surface area contributed by atoms with Crippen molar-refractivity contribution in [1.82, 2.24) is 10.3 Å². The molecule has 3 aromatic carbocycles. The van der Waals surface area contributed by atoms with Crippen LogP contribution >= 0.6 is 11.6 Å². The minimum atomic E-state index is -0.0903. The highest BCUT2D eigenvalue weighted by molar-refractivity contribution is 6.31. The van der Waals surface area contributed by atoms with Crippen LogP contribution in [0.25, 0.3) is 10.9 Å². The topological polar surface area (TPSA) is 44.9 Å². The third kappa shape index (κ3) is 3.60. The zero-order valence-corrected chi connectivity index (χ0v) is 15.4. The Bertz CT molecular complexity index is 1070. The minimum absolute atomic E-state index is 0.0532. The predicted molar refractivity (Wildman–Crippen MR) is 110 cm³/mol. The molecule has 0 spiro atoms. The molecule has 0 saturated carbocycles. The summed E-state index contributed by atoms with van der Waals surface area (Å²) in [5.74, 6) is -0.144. The third-order valence-electron chi connectivity index (χ3n) is 4.78. The van der Waals surface area contributed by atoms with E-state index >= 15 is 0 Å². The van der Waals surface area contributed by atoms with Crippen LogP contribution in [0.4, 0.5) is 0 Å². The summed E-state index contributed by atoms with van der Waals surface area (Å²) >= 11 is 6.50. The van der Waals surface area contributed by atoms with E-state index in [2.05, 4.69) is 16.4 Å². The van der Waals surface area contributed by atoms with Gasteiger partial charge in [0.25, 0.3) is 5.91 Å². The van der Waals surface area contributed by atoms with E-state index in [4.69, 9.17) is 11.6 Å². The van der Waals surface area contributed by atoms with Gasteiger partial charge in [-0.1, -0.05) is 66.2 Å². The van der Waals surface area contributed by atoms with E-state index in [-0.39, 0.29) is 11.8 Å². The second-order valence-corrected chi connectivity index (χ2v) is 6.85. The molecule has 27 heavy (non-hydrogen) atoms. The molecule has 0 fully saturated rings. The van der Waals surface area contributed by atoms with Crippen molar-refractivity contribution >= 4 is 28.4 Å². The number of H-pyrrole nitrogens is 1. The summed E-state index contributed by atoms with van der Waals surface area (Å²) < 4.78 is 0. The number of rotatable bonds is 5. The fourth-order valence-electron chi connectivity index (χ4n) is 3.41. The number of hydrogen-bond donors (Lipinski definition) is 2. The maximum Gasteiger partial charge on any atom is 0.251 e. The van der Waals surface area contributed by atoms with Gasteiger partial charge in [-0.15, -0.1) is 0 Å². The third-order valence-corrected chi connectivity index (χ3v) is 5.12. The van der Waals surface area contributed by atoms with Gasteiger partial charge in [-0.3, -0.25) is 4.79 Å². The first kappa shape index (κ1) is 17.4. The molecule has 1 amide bonds. The molecule has 0 saturated heterocycles. The van der Waals surface area contributed by atoms with Gasteiger partial charge in [0, 0.05) is 40.1 Å². The SMILES string of the molecule is O=C(NC[C@H](c1ccccc1Cl)c1c[nH]c2ccccc12)c1ccccc1. The van der Waals surface area contributed by atoms with E-state index in [1.165, 1.54) is 0 Å². The smallest absolute Gasteiger partial charge is 0.251 e. The summed E-state index contributed by atoms with van der Waals surface area (Å²) in [7, 11) is 0. The summed E-state index contributed by atoms with van der Waals surface area (Å²) in [5, 5.41) is 4.90. The molecule has 1 aromatic heterocycles. The highest BCUT2D eigenvalue weighted by atomic mass is 35.5. The highest BCUT2D eigenvalue weighted by Crippen LogP contribution is 2.34. The van der Waals surface area contributed by atoms with E-state index in [0.717, 1.165) is 22.0 Å². The van der Waals surface area contributed by atoms with Gasteiger partial charge in [-0.25, -0.2) is 0 Å². The summed E-state index contributed by atoms with van der Waals surface area (Å²) in [5.41, 5.74) is 3.83. The maximum atomic E-state index is 12.5. The monoisotopic (exact) mass is 374 g/mol. The summed E-state index contributed by atoms with van der Waals surface area (Å²) in [4.78, 5) is 15.9. The second-order valence-electron chi connectivity index (χ2n) is 6.44. The summed E-state index contributed by atoms with van der Waals surface area (Å²) in [6.07, 6.45) is 2.01. The molecule has 4 aromatic rings. The van der Waals surface area contributed by atoms with Crippen molar-refractivity contribution in [3.8, 4) is 0 Å². The molecule has 0 radical (unpaired) electrons. The van der Waals surface area contributed by atoms with Gasteiger partial charge in [0.15, 0.2) is 0 Å². The molecule has 3 nitrogen and oxygen atoms in total. The standard InChI is InChI=1S/C23H19ClN2O/c24-21-12-6-4-10-17(21)19(15-26-23(27)16-8-2-1-3-9-16)20-14-25-22-13-7-5-11-18(20)22/h1-14,19,25H,15H2,(H,26,27)/t19-/m1/s1. The number of carbonyl (C=O) groups is 1. The molecule has 0 unspecified atom stereocenters. The number of carbonyl (C=O) groups excluding carboxylic acids is 1. The largest absolute Gasteiger partial charge is 0.361 e. The Balaban J connectivity index is 1.69. The Kier molecular flexibility index (Phi) is 4.95. The van der Waals surface area contributed by atoms with Gasteiger partial charge in [-0.2, -0.15) is 0 Å². The lowest BCUT2D eigenvalue weighted by Crippen LogP contribution is -2.29. The molecule has 0 aliphatic carbocycles. The molecule has 1 heterocycles. The first-order valence-electron chi connectivity index (χ1n) is 8.87. The second kappa shape index (κ2) is 7.68. The van der Waals surface area contributed by atoms with Crippen molar-refractivity contribution in [1.29, 1.82) is 0 Å². The molecule has 0 aliphatic rings. The molecule has 1 atom stereocenters. The lowest BCUT2D eigenvalue weighted by Gasteiger charge is -2.19. The normalized spacial score (nSPS) is 12.0. The van der Waals surface area contributed by atoms with Gasteiger partial charge >= 0.3 is 0 Å². The van der Waals surface area contributed by atoms with Crippen molar-refractivity contribution in [2.24, 2.45) is 0 Å². The van der Waals surface area contributed by atoms with Gasteiger partial charge in [0.1, 0.15) is 0 Å². The van der Waals surface area contributed by atoms with Crippen LogP contribution in [-0.2, 0) is 0 Å². The molecule has 4 rings (SSSR count). The Morgan fingerprint density at radius 1 is 0.889 bits per heavy atom. The molecule has 0 aliphatic heterocycles. The molecular weight excluding hydrogens is 356 g/mol. The van der Waals surface area contributed by atoms with Crippen molar-refractivity contribution in [3.63, 3.8) is 0 Å².